The molecule has 1 aliphatic heterocycles. The Balaban J connectivity index is 1.40. The summed E-state index contributed by atoms with van der Waals surface area (Å²) in [4.78, 5) is 14.5. The number of carbonyl (C=O) groups excluding carboxylic acids is 1. The van der Waals surface area contributed by atoms with Crippen LogP contribution in [-0.2, 0) is 4.79 Å². The molecule has 0 aromatic heterocycles. The molecule has 1 heterocycles. The number of benzene rings is 2. The molecule has 1 N–H and O–H groups in total. The SMILES string of the molecule is COc1ccccc1OCCCC(=O)Nc1ccc(N2CCCCC2)cc1. The lowest BCUT2D eigenvalue weighted by atomic mass is 10.1. The van der Waals surface area contributed by atoms with Gasteiger partial charge in [0.25, 0.3) is 0 Å². The number of methoxy groups -OCH3 is 1. The van der Waals surface area contributed by atoms with Crippen molar-refractivity contribution < 1.29 is 14.3 Å². The Kier molecular flexibility index (Phi) is 6.97. The molecular formula is C22H28N2O3. The summed E-state index contributed by atoms with van der Waals surface area (Å²) >= 11 is 0. The summed E-state index contributed by atoms with van der Waals surface area (Å²) in [7, 11) is 1.62. The molecular weight excluding hydrogens is 340 g/mol. The van der Waals surface area contributed by atoms with E-state index in [4.69, 9.17) is 9.47 Å². The van der Waals surface area contributed by atoms with Crippen molar-refractivity contribution in [2.75, 3.05) is 37.0 Å². The highest BCUT2D eigenvalue weighted by Crippen LogP contribution is 2.26. The Morgan fingerprint density at radius 2 is 1.70 bits per heavy atom. The Morgan fingerprint density at radius 3 is 2.41 bits per heavy atom. The van der Waals surface area contributed by atoms with Gasteiger partial charge < -0.3 is 19.7 Å². The number of amides is 1. The van der Waals surface area contributed by atoms with Gasteiger partial charge >= 0.3 is 0 Å². The van der Waals surface area contributed by atoms with Crippen LogP contribution in [0.25, 0.3) is 0 Å². The number of ether oxygens (including phenoxy) is 2. The zero-order valence-corrected chi connectivity index (χ0v) is 15.9. The molecule has 0 aliphatic carbocycles. The van der Waals surface area contributed by atoms with Gasteiger partial charge in [-0.15, -0.1) is 0 Å². The maximum atomic E-state index is 12.1. The van der Waals surface area contributed by atoms with E-state index in [1.165, 1.54) is 24.9 Å². The maximum Gasteiger partial charge on any atom is 0.224 e. The molecule has 1 aliphatic rings. The molecule has 1 amide bonds. The van der Waals surface area contributed by atoms with Crippen LogP contribution in [0.15, 0.2) is 48.5 Å². The first-order valence-corrected chi connectivity index (χ1v) is 9.67. The fraction of sp³-hybridized carbons (Fsp3) is 0.409. The molecule has 5 heteroatoms. The number of carbonyl (C=O) groups is 1. The van der Waals surface area contributed by atoms with Gasteiger partial charge in [-0.2, -0.15) is 0 Å². The molecule has 5 nitrogen and oxygen atoms in total. The summed E-state index contributed by atoms with van der Waals surface area (Å²) in [5.41, 5.74) is 2.07. The third-order valence-electron chi connectivity index (χ3n) is 4.75. The molecule has 1 fully saturated rings. The predicted octanol–water partition coefficient (Wildman–Crippen LogP) is 4.48. The minimum Gasteiger partial charge on any atom is -0.493 e. The highest BCUT2D eigenvalue weighted by molar-refractivity contribution is 5.90. The molecule has 0 spiro atoms. The quantitative estimate of drug-likeness (QED) is 0.698. The fourth-order valence-corrected chi connectivity index (χ4v) is 3.28. The lowest BCUT2D eigenvalue weighted by molar-refractivity contribution is -0.116. The number of para-hydroxylation sites is 2. The van der Waals surface area contributed by atoms with E-state index in [0.29, 0.717) is 30.9 Å². The molecule has 0 bridgehead atoms. The number of hydrogen-bond acceptors (Lipinski definition) is 4. The highest BCUT2D eigenvalue weighted by atomic mass is 16.5. The first kappa shape index (κ1) is 19.1. The van der Waals surface area contributed by atoms with E-state index < -0.39 is 0 Å². The van der Waals surface area contributed by atoms with Gasteiger partial charge in [0.2, 0.25) is 5.91 Å². The monoisotopic (exact) mass is 368 g/mol. The molecule has 0 radical (unpaired) electrons. The van der Waals surface area contributed by atoms with Crippen molar-refractivity contribution in [3.8, 4) is 11.5 Å². The van der Waals surface area contributed by atoms with Gasteiger partial charge in [-0.05, 0) is 62.1 Å². The van der Waals surface area contributed by atoms with Crippen LogP contribution in [0.3, 0.4) is 0 Å². The van der Waals surface area contributed by atoms with Crippen LogP contribution in [0.5, 0.6) is 11.5 Å². The van der Waals surface area contributed by atoms with Crippen molar-refractivity contribution >= 4 is 17.3 Å². The fourth-order valence-electron chi connectivity index (χ4n) is 3.28. The molecule has 27 heavy (non-hydrogen) atoms. The first-order chi connectivity index (χ1) is 13.3. The molecule has 3 rings (SSSR count). The Labute approximate surface area is 161 Å². The number of nitrogens with zero attached hydrogens (tertiary/aromatic N) is 1. The summed E-state index contributed by atoms with van der Waals surface area (Å²) in [5, 5.41) is 2.96. The molecule has 1 saturated heterocycles. The number of nitrogens with one attached hydrogen (secondary N) is 1. The van der Waals surface area contributed by atoms with Crippen molar-refractivity contribution in [2.24, 2.45) is 0 Å². The van der Waals surface area contributed by atoms with Crippen molar-refractivity contribution in [2.45, 2.75) is 32.1 Å². The van der Waals surface area contributed by atoms with Crippen molar-refractivity contribution in [1.82, 2.24) is 0 Å². The van der Waals surface area contributed by atoms with Crippen LogP contribution >= 0.6 is 0 Å². The predicted molar refractivity (Wildman–Crippen MR) is 109 cm³/mol. The summed E-state index contributed by atoms with van der Waals surface area (Å²) in [6.45, 7) is 2.72. The van der Waals surface area contributed by atoms with Crippen LogP contribution in [0.4, 0.5) is 11.4 Å². The summed E-state index contributed by atoms with van der Waals surface area (Å²) < 4.78 is 10.9. The average molecular weight is 368 g/mol. The van der Waals surface area contributed by atoms with Crippen molar-refractivity contribution in [3.63, 3.8) is 0 Å². The van der Waals surface area contributed by atoms with E-state index in [-0.39, 0.29) is 5.91 Å². The molecule has 144 valence electrons. The van der Waals surface area contributed by atoms with E-state index in [1.54, 1.807) is 7.11 Å². The average Bonchev–Trinajstić information content (AvgIpc) is 2.73. The number of hydrogen-bond donors (Lipinski definition) is 1. The third kappa shape index (κ3) is 5.64. The first-order valence-electron chi connectivity index (χ1n) is 9.67. The molecule has 0 saturated carbocycles. The number of anilines is 2. The van der Waals surface area contributed by atoms with E-state index in [1.807, 2.05) is 36.4 Å². The van der Waals surface area contributed by atoms with Gasteiger partial charge in [0, 0.05) is 30.9 Å². The number of rotatable bonds is 8. The summed E-state index contributed by atoms with van der Waals surface area (Å²) in [5.74, 6) is 1.41. The normalized spacial score (nSPS) is 13.9. The van der Waals surface area contributed by atoms with Crippen LogP contribution in [-0.4, -0.2) is 32.7 Å². The lowest BCUT2D eigenvalue weighted by Crippen LogP contribution is -2.29. The highest BCUT2D eigenvalue weighted by Gasteiger charge is 2.11. The van der Waals surface area contributed by atoms with Gasteiger partial charge in [-0.3, -0.25) is 4.79 Å². The van der Waals surface area contributed by atoms with E-state index in [2.05, 4.69) is 22.3 Å². The van der Waals surface area contributed by atoms with Crippen LogP contribution < -0.4 is 19.7 Å². The zero-order valence-electron chi connectivity index (χ0n) is 15.9. The second-order valence-corrected chi connectivity index (χ2v) is 6.75. The summed E-state index contributed by atoms with van der Waals surface area (Å²) in [6, 6.07) is 15.7. The van der Waals surface area contributed by atoms with Crippen LogP contribution in [0.1, 0.15) is 32.1 Å². The summed E-state index contributed by atoms with van der Waals surface area (Å²) in [6.07, 6.45) is 4.91. The minimum absolute atomic E-state index is 0.00403. The maximum absolute atomic E-state index is 12.1. The zero-order chi connectivity index (χ0) is 18.9. The van der Waals surface area contributed by atoms with Gasteiger partial charge in [0.1, 0.15) is 0 Å². The van der Waals surface area contributed by atoms with Crippen LogP contribution in [0, 0.1) is 0 Å². The molecule has 2 aromatic rings. The van der Waals surface area contributed by atoms with Crippen molar-refractivity contribution in [1.29, 1.82) is 0 Å². The van der Waals surface area contributed by atoms with E-state index in [0.717, 1.165) is 18.8 Å². The van der Waals surface area contributed by atoms with Crippen LogP contribution in [0.2, 0.25) is 0 Å². The third-order valence-corrected chi connectivity index (χ3v) is 4.75. The van der Waals surface area contributed by atoms with E-state index >= 15 is 0 Å². The Hall–Kier alpha value is -2.69. The largest absolute Gasteiger partial charge is 0.493 e. The molecule has 0 unspecified atom stereocenters. The second kappa shape index (κ2) is 9.86. The standard InChI is InChI=1S/C22H28N2O3/c1-26-20-8-3-4-9-21(20)27-17-7-10-22(25)23-18-11-13-19(14-12-18)24-15-5-2-6-16-24/h3-4,8-9,11-14H,2,5-7,10,15-17H2,1H3,(H,23,25). The Bertz CT molecular complexity index is 725. The van der Waals surface area contributed by atoms with Gasteiger partial charge in [-0.25, -0.2) is 0 Å². The lowest BCUT2D eigenvalue weighted by Gasteiger charge is -2.28. The minimum atomic E-state index is 0.00403. The van der Waals surface area contributed by atoms with Crippen molar-refractivity contribution in [3.05, 3.63) is 48.5 Å². The number of piperidine rings is 1. The van der Waals surface area contributed by atoms with Gasteiger partial charge in [0.15, 0.2) is 11.5 Å². The Morgan fingerprint density at radius 1 is 1.00 bits per heavy atom. The molecule has 0 atom stereocenters. The van der Waals surface area contributed by atoms with Gasteiger partial charge in [0.05, 0.1) is 13.7 Å². The molecule has 2 aromatic carbocycles. The topological polar surface area (TPSA) is 50.8 Å². The van der Waals surface area contributed by atoms with E-state index in [9.17, 15) is 4.79 Å². The smallest absolute Gasteiger partial charge is 0.224 e. The second-order valence-electron chi connectivity index (χ2n) is 6.75. The van der Waals surface area contributed by atoms with Gasteiger partial charge in [-0.1, -0.05) is 12.1 Å².